The molecule has 5 heteroatoms. The molecule has 2 N–H and O–H groups in total. The smallest absolute Gasteiger partial charge is 0.237 e. The molecule has 104 valence electrons. The van der Waals surface area contributed by atoms with Gasteiger partial charge in [-0.25, -0.2) is 0 Å². The Morgan fingerprint density at radius 3 is 3.05 bits per heavy atom. The number of amides is 1. The first-order valence-electron chi connectivity index (χ1n) is 6.54. The van der Waals surface area contributed by atoms with Crippen LogP contribution in [0.25, 0.3) is 0 Å². The van der Waals surface area contributed by atoms with Gasteiger partial charge in [-0.1, -0.05) is 18.0 Å². The second-order valence-electron chi connectivity index (χ2n) is 4.68. The van der Waals surface area contributed by atoms with Crippen molar-refractivity contribution in [3.63, 3.8) is 0 Å². The molecule has 0 radical (unpaired) electrons. The lowest BCUT2D eigenvalue weighted by Crippen LogP contribution is -2.46. The SMILES string of the molecule is COc1ccc(Cl)cc1CNC(=O)C1CCCCN1. The molecular weight excluding hydrogens is 264 g/mol. The highest BCUT2D eigenvalue weighted by molar-refractivity contribution is 6.30. The van der Waals surface area contributed by atoms with E-state index in [1.807, 2.05) is 12.1 Å². The van der Waals surface area contributed by atoms with Gasteiger partial charge in [-0.3, -0.25) is 4.79 Å². The molecule has 0 saturated carbocycles. The summed E-state index contributed by atoms with van der Waals surface area (Å²) in [5.74, 6) is 0.781. The Labute approximate surface area is 118 Å². The third-order valence-corrected chi connectivity index (χ3v) is 3.56. The van der Waals surface area contributed by atoms with E-state index in [2.05, 4.69) is 10.6 Å². The Morgan fingerprint density at radius 2 is 2.37 bits per heavy atom. The van der Waals surface area contributed by atoms with Crippen LogP contribution in [0.15, 0.2) is 18.2 Å². The average Bonchev–Trinajstić information content (AvgIpc) is 2.46. The largest absolute Gasteiger partial charge is 0.496 e. The van der Waals surface area contributed by atoms with Gasteiger partial charge in [0.25, 0.3) is 0 Å². The Bertz CT molecular complexity index is 445. The molecule has 1 saturated heterocycles. The van der Waals surface area contributed by atoms with Crippen molar-refractivity contribution in [2.45, 2.75) is 31.8 Å². The number of piperidine rings is 1. The topological polar surface area (TPSA) is 50.4 Å². The van der Waals surface area contributed by atoms with Crippen LogP contribution in [0.5, 0.6) is 5.75 Å². The molecule has 1 unspecified atom stereocenters. The zero-order valence-corrected chi connectivity index (χ0v) is 11.8. The third-order valence-electron chi connectivity index (χ3n) is 3.32. The number of nitrogens with one attached hydrogen (secondary N) is 2. The minimum absolute atomic E-state index is 0.0433. The van der Waals surface area contributed by atoms with Crippen LogP contribution in [0.2, 0.25) is 5.02 Å². The Hall–Kier alpha value is -1.26. The van der Waals surface area contributed by atoms with Crippen LogP contribution in [-0.4, -0.2) is 25.6 Å². The maximum Gasteiger partial charge on any atom is 0.237 e. The second-order valence-corrected chi connectivity index (χ2v) is 5.11. The number of carbonyl (C=O) groups excluding carboxylic acids is 1. The lowest BCUT2D eigenvalue weighted by molar-refractivity contribution is -0.123. The summed E-state index contributed by atoms with van der Waals surface area (Å²) in [6.07, 6.45) is 3.15. The first-order chi connectivity index (χ1) is 9.20. The molecule has 0 spiro atoms. The molecule has 1 amide bonds. The quantitative estimate of drug-likeness (QED) is 0.889. The van der Waals surface area contributed by atoms with Crippen molar-refractivity contribution in [3.8, 4) is 5.75 Å². The van der Waals surface area contributed by atoms with Gasteiger partial charge in [0.05, 0.1) is 13.2 Å². The second kappa shape index (κ2) is 6.78. The lowest BCUT2D eigenvalue weighted by atomic mass is 10.0. The summed E-state index contributed by atoms with van der Waals surface area (Å²) >= 11 is 5.96. The maximum absolute atomic E-state index is 12.0. The summed E-state index contributed by atoms with van der Waals surface area (Å²) in [6, 6.07) is 5.32. The summed E-state index contributed by atoms with van der Waals surface area (Å²) in [5, 5.41) is 6.80. The van der Waals surface area contributed by atoms with Crippen molar-refractivity contribution in [2.24, 2.45) is 0 Å². The predicted molar refractivity (Wildman–Crippen MR) is 75.5 cm³/mol. The zero-order valence-electron chi connectivity index (χ0n) is 11.0. The van der Waals surface area contributed by atoms with Crippen molar-refractivity contribution in [1.29, 1.82) is 0 Å². The number of ether oxygens (including phenoxy) is 1. The van der Waals surface area contributed by atoms with E-state index in [0.717, 1.165) is 37.1 Å². The van der Waals surface area contributed by atoms with E-state index in [9.17, 15) is 4.79 Å². The first kappa shape index (κ1) is 14.2. The maximum atomic E-state index is 12.0. The van der Waals surface area contributed by atoms with Crippen LogP contribution >= 0.6 is 11.6 Å². The molecule has 0 bridgehead atoms. The van der Waals surface area contributed by atoms with E-state index in [1.54, 1.807) is 13.2 Å². The van der Waals surface area contributed by atoms with Crippen LogP contribution in [0, 0.1) is 0 Å². The molecule has 1 atom stereocenters. The van der Waals surface area contributed by atoms with E-state index in [1.165, 1.54) is 0 Å². The van der Waals surface area contributed by atoms with Gasteiger partial charge in [0.2, 0.25) is 5.91 Å². The van der Waals surface area contributed by atoms with Gasteiger partial charge in [0, 0.05) is 17.1 Å². The van der Waals surface area contributed by atoms with Crippen LogP contribution in [0.3, 0.4) is 0 Å². The van der Waals surface area contributed by atoms with Crippen molar-refractivity contribution < 1.29 is 9.53 Å². The van der Waals surface area contributed by atoms with Crippen LogP contribution in [-0.2, 0) is 11.3 Å². The lowest BCUT2D eigenvalue weighted by Gasteiger charge is -2.22. The van der Waals surface area contributed by atoms with Gasteiger partial charge in [0.15, 0.2) is 0 Å². The van der Waals surface area contributed by atoms with Gasteiger partial charge >= 0.3 is 0 Å². The number of hydrogen-bond acceptors (Lipinski definition) is 3. The van der Waals surface area contributed by atoms with Crippen LogP contribution < -0.4 is 15.4 Å². The molecule has 1 aliphatic rings. The average molecular weight is 283 g/mol. The number of carbonyl (C=O) groups is 1. The summed E-state index contributed by atoms with van der Waals surface area (Å²) < 4.78 is 5.25. The van der Waals surface area contributed by atoms with Gasteiger partial charge in [-0.05, 0) is 37.6 Å². The standard InChI is InChI=1S/C14H19ClN2O2/c1-19-13-6-5-11(15)8-10(13)9-17-14(18)12-4-2-3-7-16-12/h5-6,8,12,16H,2-4,7,9H2,1H3,(H,17,18). The van der Waals surface area contributed by atoms with Crippen molar-refractivity contribution in [3.05, 3.63) is 28.8 Å². The molecular formula is C14H19ClN2O2. The molecule has 1 aromatic rings. The molecule has 1 aliphatic heterocycles. The first-order valence-corrected chi connectivity index (χ1v) is 6.92. The third kappa shape index (κ3) is 3.85. The molecule has 0 aliphatic carbocycles. The summed E-state index contributed by atoms with van der Waals surface area (Å²) in [4.78, 5) is 12.0. The fourth-order valence-electron chi connectivity index (χ4n) is 2.27. The van der Waals surface area contributed by atoms with E-state index >= 15 is 0 Å². The fraction of sp³-hybridized carbons (Fsp3) is 0.500. The van der Waals surface area contributed by atoms with Gasteiger partial charge in [-0.15, -0.1) is 0 Å². The van der Waals surface area contributed by atoms with E-state index < -0.39 is 0 Å². The van der Waals surface area contributed by atoms with Gasteiger partial charge in [0.1, 0.15) is 5.75 Å². The van der Waals surface area contributed by atoms with Crippen molar-refractivity contribution >= 4 is 17.5 Å². The molecule has 2 rings (SSSR count). The Morgan fingerprint density at radius 1 is 1.53 bits per heavy atom. The molecule has 1 heterocycles. The van der Waals surface area contributed by atoms with E-state index in [-0.39, 0.29) is 11.9 Å². The molecule has 19 heavy (non-hydrogen) atoms. The Balaban J connectivity index is 1.94. The summed E-state index contributed by atoms with van der Waals surface area (Å²) in [6.45, 7) is 1.35. The van der Waals surface area contributed by atoms with Gasteiger partial charge in [-0.2, -0.15) is 0 Å². The normalized spacial score (nSPS) is 18.9. The number of benzene rings is 1. The van der Waals surface area contributed by atoms with E-state index in [0.29, 0.717) is 11.6 Å². The number of methoxy groups -OCH3 is 1. The molecule has 0 aromatic heterocycles. The highest BCUT2D eigenvalue weighted by Crippen LogP contribution is 2.22. The van der Waals surface area contributed by atoms with Crippen LogP contribution in [0.1, 0.15) is 24.8 Å². The Kier molecular flexibility index (Phi) is 5.05. The minimum Gasteiger partial charge on any atom is -0.496 e. The van der Waals surface area contributed by atoms with E-state index in [4.69, 9.17) is 16.3 Å². The molecule has 1 fully saturated rings. The monoisotopic (exact) mass is 282 g/mol. The summed E-state index contributed by atoms with van der Waals surface area (Å²) in [7, 11) is 1.61. The highest BCUT2D eigenvalue weighted by atomic mass is 35.5. The molecule has 1 aromatic carbocycles. The summed E-state index contributed by atoms with van der Waals surface area (Å²) in [5.41, 5.74) is 0.888. The fourth-order valence-corrected chi connectivity index (χ4v) is 2.46. The number of halogens is 1. The number of hydrogen-bond donors (Lipinski definition) is 2. The molecule has 4 nitrogen and oxygen atoms in total. The van der Waals surface area contributed by atoms with Gasteiger partial charge < -0.3 is 15.4 Å². The highest BCUT2D eigenvalue weighted by Gasteiger charge is 2.20. The van der Waals surface area contributed by atoms with Crippen LogP contribution in [0.4, 0.5) is 0 Å². The zero-order chi connectivity index (χ0) is 13.7. The van der Waals surface area contributed by atoms with Crippen molar-refractivity contribution in [2.75, 3.05) is 13.7 Å². The number of rotatable bonds is 4. The predicted octanol–water partition coefficient (Wildman–Crippen LogP) is 2.11. The van der Waals surface area contributed by atoms with Crippen molar-refractivity contribution in [1.82, 2.24) is 10.6 Å². The minimum atomic E-state index is -0.0704.